The Labute approximate surface area is 91.3 Å². The van der Waals surface area contributed by atoms with E-state index in [1.165, 1.54) is 5.56 Å². The second kappa shape index (κ2) is 4.64. The number of piperazine rings is 1. The average Bonchev–Trinajstić information content (AvgIpc) is 2.29. The summed E-state index contributed by atoms with van der Waals surface area (Å²) < 4.78 is 0. The summed E-state index contributed by atoms with van der Waals surface area (Å²) in [5, 5.41) is 3.37. The van der Waals surface area contributed by atoms with E-state index in [2.05, 4.69) is 29.3 Å². The van der Waals surface area contributed by atoms with Gasteiger partial charge in [-0.15, -0.1) is 0 Å². The smallest absolute Gasteiger partial charge is 0.0321 e. The third-order valence-corrected chi connectivity index (χ3v) is 3.09. The molecule has 0 amide bonds. The van der Waals surface area contributed by atoms with Gasteiger partial charge in [0.25, 0.3) is 0 Å². The number of nitrogens with one attached hydrogen (secondary N) is 1. The van der Waals surface area contributed by atoms with Gasteiger partial charge >= 0.3 is 0 Å². The highest BCUT2D eigenvalue weighted by atomic mass is 15.2. The lowest BCUT2D eigenvalue weighted by atomic mass is 10.1. The van der Waals surface area contributed by atoms with Gasteiger partial charge in [0.1, 0.15) is 0 Å². The maximum absolute atomic E-state index is 5.80. The zero-order valence-corrected chi connectivity index (χ0v) is 9.24. The molecule has 82 valence electrons. The average molecular weight is 205 g/mol. The summed E-state index contributed by atoms with van der Waals surface area (Å²) in [4.78, 5) is 2.49. The molecule has 2 rings (SSSR count). The van der Waals surface area contributed by atoms with Gasteiger partial charge in [-0.3, -0.25) is 4.90 Å². The van der Waals surface area contributed by atoms with Crippen LogP contribution < -0.4 is 11.1 Å². The second-order valence-corrected chi connectivity index (χ2v) is 4.13. The molecular weight excluding hydrogens is 186 g/mol. The van der Waals surface area contributed by atoms with Crippen LogP contribution in [0.1, 0.15) is 18.5 Å². The molecule has 1 aromatic rings. The SMILES string of the molecule is CC(c1cccc(N)c1)N1CCNCC1. The number of nitrogens with zero attached hydrogens (tertiary/aromatic N) is 1. The fourth-order valence-electron chi connectivity index (χ4n) is 2.10. The summed E-state index contributed by atoms with van der Waals surface area (Å²) in [5.74, 6) is 0. The topological polar surface area (TPSA) is 41.3 Å². The minimum Gasteiger partial charge on any atom is -0.399 e. The number of benzene rings is 1. The van der Waals surface area contributed by atoms with Crippen molar-refractivity contribution in [3.63, 3.8) is 0 Å². The van der Waals surface area contributed by atoms with Crippen molar-refractivity contribution in [2.24, 2.45) is 0 Å². The lowest BCUT2D eigenvalue weighted by molar-refractivity contribution is 0.185. The van der Waals surface area contributed by atoms with Crippen LogP contribution in [-0.2, 0) is 0 Å². The largest absolute Gasteiger partial charge is 0.399 e. The van der Waals surface area contributed by atoms with Gasteiger partial charge in [-0.05, 0) is 24.6 Å². The van der Waals surface area contributed by atoms with Crippen LogP contribution in [0.15, 0.2) is 24.3 Å². The lowest BCUT2D eigenvalue weighted by Gasteiger charge is -2.33. The van der Waals surface area contributed by atoms with E-state index >= 15 is 0 Å². The Morgan fingerprint density at radius 2 is 2.07 bits per heavy atom. The Kier molecular flexibility index (Phi) is 3.23. The van der Waals surface area contributed by atoms with Crippen LogP contribution in [0.3, 0.4) is 0 Å². The monoisotopic (exact) mass is 205 g/mol. The summed E-state index contributed by atoms with van der Waals surface area (Å²) in [5.41, 5.74) is 7.97. The van der Waals surface area contributed by atoms with E-state index in [0.717, 1.165) is 31.9 Å². The first-order valence-electron chi connectivity index (χ1n) is 5.57. The van der Waals surface area contributed by atoms with Crippen LogP contribution in [-0.4, -0.2) is 31.1 Å². The molecule has 0 spiro atoms. The van der Waals surface area contributed by atoms with E-state index in [1.54, 1.807) is 0 Å². The van der Waals surface area contributed by atoms with Crippen molar-refractivity contribution in [2.45, 2.75) is 13.0 Å². The Morgan fingerprint density at radius 1 is 1.33 bits per heavy atom. The number of rotatable bonds is 2. The Morgan fingerprint density at radius 3 is 2.73 bits per heavy atom. The number of hydrogen-bond donors (Lipinski definition) is 2. The molecule has 3 N–H and O–H groups in total. The molecule has 1 saturated heterocycles. The lowest BCUT2D eigenvalue weighted by Crippen LogP contribution is -2.44. The van der Waals surface area contributed by atoms with Crippen molar-refractivity contribution in [3.05, 3.63) is 29.8 Å². The number of nitrogen functional groups attached to an aromatic ring is 1. The molecule has 3 heteroatoms. The van der Waals surface area contributed by atoms with Crippen molar-refractivity contribution in [3.8, 4) is 0 Å². The van der Waals surface area contributed by atoms with Crippen LogP contribution in [0.4, 0.5) is 5.69 Å². The van der Waals surface area contributed by atoms with Gasteiger partial charge in [-0.25, -0.2) is 0 Å². The summed E-state index contributed by atoms with van der Waals surface area (Å²) in [6, 6.07) is 8.67. The standard InChI is InChI=1S/C12H19N3/c1-10(15-7-5-14-6-8-15)11-3-2-4-12(13)9-11/h2-4,9-10,14H,5-8,13H2,1H3. The van der Waals surface area contributed by atoms with Crippen LogP contribution in [0.5, 0.6) is 0 Å². The molecule has 1 atom stereocenters. The highest BCUT2D eigenvalue weighted by Gasteiger charge is 2.17. The predicted octanol–water partition coefficient (Wildman–Crippen LogP) is 1.24. The van der Waals surface area contributed by atoms with Gasteiger partial charge < -0.3 is 11.1 Å². The second-order valence-electron chi connectivity index (χ2n) is 4.13. The van der Waals surface area contributed by atoms with Gasteiger partial charge in [0.2, 0.25) is 0 Å². The third kappa shape index (κ3) is 2.49. The summed E-state index contributed by atoms with van der Waals surface area (Å²) in [7, 11) is 0. The Hall–Kier alpha value is -1.06. The van der Waals surface area contributed by atoms with Gasteiger partial charge in [0.15, 0.2) is 0 Å². The molecule has 1 aliphatic heterocycles. The zero-order chi connectivity index (χ0) is 10.7. The maximum Gasteiger partial charge on any atom is 0.0321 e. The summed E-state index contributed by atoms with van der Waals surface area (Å²) in [6.07, 6.45) is 0. The highest BCUT2D eigenvalue weighted by Crippen LogP contribution is 2.21. The van der Waals surface area contributed by atoms with E-state index in [0.29, 0.717) is 6.04 Å². The fraction of sp³-hybridized carbons (Fsp3) is 0.500. The number of anilines is 1. The van der Waals surface area contributed by atoms with Crippen molar-refractivity contribution < 1.29 is 0 Å². The fourth-order valence-corrected chi connectivity index (χ4v) is 2.10. The molecule has 1 aliphatic rings. The van der Waals surface area contributed by atoms with Crippen LogP contribution in [0.25, 0.3) is 0 Å². The minimum atomic E-state index is 0.468. The molecular formula is C12H19N3. The highest BCUT2D eigenvalue weighted by molar-refractivity contribution is 5.41. The number of nitrogens with two attached hydrogens (primary N) is 1. The molecule has 3 nitrogen and oxygen atoms in total. The van der Waals surface area contributed by atoms with Crippen molar-refractivity contribution in [1.29, 1.82) is 0 Å². The normalized spacial score (nSPS) is 20.1. The van der Waals surface area contributed by atoms with E-state index < -0.39 is 0 Å². The molecule has 0 aliphatic carbocycles. The molecule has 0 aromatic heterocycles. The maximum atomic E-state index is 5.80. The molecule has 1 unspecified atom stereocenters. The zero-order valence-electron chi connectivity index (χ0n) is 9.24. The van der Waals surface area contributed by atoms with Crippen molar-refractivity contribution in [1.82, 2.24) is 10.2 Å². The predicted molar refractivity (Wildman–Crippen MR) is 63.7 cm³/mol. The van der Waals surface area contributed by atoms with Crippen LogP contribution in [0, 0.1) is 0 Å². The number of hydrogen-bond acceptors (Lipinski definition) is 3. The van der Waals surface area contributed by atoms with Crippen LogP contribution >= 0.6 is 0 Å². The molecule has 1 fully saturated rings. The van der Waals surface area contributed by atoms with Crippen LogP contribution in [0.2, 0.25) is 0 Å². The molecule has 1 heterocycles. The van der Waals surface area contributed by atoms with E-state index in [-0.39, 0.29) is 0 Å². The molecule has 0 bridgehead atoms. The first-order chi connectivity index (χ1) is 7.27. The first kappa shape index (κ1) is 10.5. The van der Waals surface area contributed by atoms with Gasteiger partial charge in [0.05, 0.1) is 0 Å². The Bertz CT molecular complexity index is 318. The van der Waals surface area contributed by atoms with Crippen molar-refractivity contribution >= 4 is 5.69 Å². The molecule has 1 aromatic carbocycles. The quantitative estimate of drug-likeness (QED) is 0.714. The molecule has 0 saturated carbocycles. The van der Waals surface area contributed by atoms with Crippen molar-refractivity contribution in [2.75, 3.05) is 31.9 Å². The van der Waals surface area contributed by atoms with Gasteiger partial charge in [-0.2, -0.15) is 0 Å². The summed E-state index contributed by atoms with van der Waals surface area (Å²) in [6.45, 7) is 6.67. The Balaban J connectivity index is 2.08. The van der Waals surface area contributed by atoms with E-state index in [1.807, 2.05) is 12.1 Å². The third-order valence-electron chi connectivity index (χ3n) is 3.09. The van der Waals surface area contributed by atoms with E-state index in [4.69, 9.17) is 5.73 Å². The first-order valence-corrected chi connectivity index (χ1v) is 5.57. The minimum absolute atomic E-state index is 0.468. The van der Waals surface area contributed by atoms with Gasteiger partial charge in [-0.1, -0.05) is 12.1 Å². The van der Waals surface area contributed by atoms with Gasteiger partial charge in [0, 0.05) is 37.9 Å². The molecule has 15 heavy (non-hydrogen) atoms. The summed E-state index contributed by atoms with van der Waals surface area (Å²) >= 11 is 0. The molecule has 0 radical (unpaired) electrons. The van der Waals surface area contributed by atoms with E-state index in [9.17, 15) is 0 Å².